The summed E-state index contributed by atoms with van der Waals surface area (Å²) >= 11 is 0. The Hall–Kier alpha value is -4.30. The highest BCUT2D eigenvalue weighted by Crippen LogP contribution is 2.47. The number of nitrogens with zero attached hydrogens (tertiary/aromatic N) is 3. The fourth-order valence-corrected chi connectivity index (χ4v) is 10.5. The van der Waals surface area contributed by atoms with E-state index in [0.29, 0.717) is 25.2 Å². The predicted octanol–water partition coefficient (Wildman–Crippen LogP) is 13.1. The van der Waals surface area contributed by atoms with Gasteiger partial charge in [0.1, 0.15) is 12.4 Å². The van der Waals surface area contributed by atoms with Gasteiger partial charge in [0, 0.05) is 52.8 Å². The van der Waals surface area contributed by atoms with E-state index in [1.54, 1.807) is 6.92 Å². The van der Waals surface area contributed by atoms with Crippen molar-refractivity contribution in [2.75, 3.05) is 6.61 Å². The first-order valence-electron chi connectivity index (χ1n) is 24.0. The molecule has 1 saturated heterocycles. The molecule has 0 amide bonds. The lowest BCUT2D eigenvalue weighted by molar-refractivity contribution is -0.142. The van der Waals surface area contributed by atoms with Gasteiger partial charge in [-0.1, -0.05) is 92.1 Å². The third kappa shape index (κ3) is 10.4. The summed E-state index contributed by atoms with van der Waals surface area (Å²) in [6.45, 7) is 26.3. The minimum Gasteiger partial charge on any atom is -0.511 e. The molecule has 0 saturated carbocycles. The number of carbonyl (C=O) groups is 1. The molecule has 0 aromatic heterocycles. The van der Waals surface area contributed by atoms with Gasteiger partial charge in [-0.25, -0.2) is 15.0 Å². The molecule has 336 valence electrons. The summed E-state index contributed by atoms with van der Waals surface area (Å²) in [5, 5.41) is 26.4. The van der Waals surface area contributed by atoms with E-state index in [4.69, 9.17) is 19.7 Å². The van der Waals surface area contributed by atoms with Crippen LogP contribution in [0.15, 0.2) is 118 Å². The molecule has 8 heteroatoms. The monoisotopic (exact) mass is 845 g/mol. The van der Waals surface area contributed by atoms with Gasteiger partial charge in [0.2, 0.25) is 0 Å². The van der Waals surface area contributed by atoms with Crippen molar-refractivity contribution in [1.82, 2.24) is 5.32 Å². The Morgan fingerprint density at radius 2 is 1.52 bits per heavy atom. The predicted molar refractivity (Wildman–Crippen MR) is 257 cm³/mol. The number of aliphatic imine (C=N–C) groups is 3. The number of fused-ring (bicyclic) bond motifs is 5. The van der Waals surface area contributed by atoms with Crippen molar-refractivity contribution in [3.8, 4) is 0 Å². The van der Waals surface area contributed by atoms with Crippen LogP contribution < -0.4 is 5.32 Å². The van der Waals surface area contributed by atoms with Crippen LogP contribution in [0.3, 0.4) is 0 Å². The molecular weight excluding hydrogens is 769 g/mol. The number of hydrogen-bond donors (Lipinski definition) is 3. The Bertz CT molecular complexity index is 2190. The quantitative estimate of drug-likeness (QED) is 0.0884. The summed E-state index contributed by atoms with van der Waals surface area (Å²) in [5.74, 6) is 2.47. The average Bonchev–Trinajstić information content (AvgIpc) is 3.98. The van der Waals surface area contributed by atoms with Crippen molar-refractivity contribution in [3.05, 3.63) is 103 Å². The summed E-state index contributed by atoms with van der Waals surface area (Å²) < 4.78 is 5.82. The van der Waals surface area contributed by atoms with Gasteiger partial charge in [-0.15, -0.1) is 0 Å². The van der Waals surface area contributed by atoms with Gasteiger partial charge >= 0.3 is 5.97 Å². The highest BCUT2D eigenvalue weighted by Gasteiger charge is 2.42. The summed E-state index contributed by atoms with van der Waals surface area (Å²) in [5.41, 5.74) is 15.8. The maximum Gasteiger partial charge on any atom is 0.306 e. The number of aliphatic hydroxyl groups is 2. The highest BCUT2D eigenvalue weighted by molar-refractivity contribution is 6.21. The van der Waals surface area contributed by atoms with Gasteiger partial charge in [0.25, 0.3) is 0 Å². The van der Waals surface area contributed by atoms with Gasteiger partial charge in [-0.05, 0) is 131 Å². The maximum absolute atomic E-state index is 13.4. The van der Waals surface area contributed by atoms with E-state index >= 15 is 0 Å². The van der Waals surface area contributed by atoms with E-state index < -0.39 is 6.10 Å². The largest absolute Gasteiger partial charge is 0.511 e. The average molecular weight is 845 g/mol. The van der Waals surface area contributed by atoms with Crippen molar-refractivity contribution in [1.29, 1.82) is 0 Å². The number of aliphatic hydroxyl groups excluding tert-OH is 2. The second-order valence-electron chi connectivity index (χ2n) is 19.7. The normalized spacial score (nSPS) is 22.8. The molecular formula is C54H76N4O4. The second kappa shape index (κ2) is 20.5. The maximum atomic E-state index is 13.4. The van der Waals surface area contributed by atoms with Gasteiger partial charge in [-0.2, -0.15) is 0 Å². The highest BCUT2D eigenvalue weighted by atomic mass is 16.5. The summed E-state index contributed by atoms with van der Waals surface area (Å²) in [4.78, 5) is 28.9. The van der Waals surface area contributed by atoms with Crippen molar-refractivity contribution in [2.24, 2.45) is 44.6 Å². The van der Waals surface area contributed by atoms with Crippen LogP contribution in [0.1, 0.15) is 167 Å². The van der Waals surface area contributed by atoms with Gasteiger partial charge in [0.05, 0.1) is 40.3 Å². The van der Waals surface area contributed by atoms with Crippen molar-refractivity contribution in [2.45, 2.75) is 173 Å². The number of hydrogen-bond acceptors (Lipinski definition) is 8. The summed E-state index contributed by atoms with van der Waals surface area (Å²) in [6, 6.07) is 0. The number of carbonyl (C=O) groups excluding carboxylic acids is 1. The molecule has 3 N–H and O–H groups in total. The number of nitrogens with one attached hydrogen (secondary N) is 1. The Kier molecular flexibility index (Phi) is 15.6. The van der Waals surface area contributed by atoms with Gasteiger partial charge in [-0.3, -0.25) is 4.79 Å². The fraction of sp³-hybridized carbons (Fsp3) is 0.593. The molecule has 5 atom stereocenters. The molecule has 0 aromatic rings. The van der Waals surface area contributed by atoms with Gasteiger partial charge in [0.15, 0.2) is 0 Å². The van der Waals surface area contributed by atoms with Gasteiger partial charge < -0.3 is 20.3 Å². The first kappa shape index (κ1) is 47.2. The zero-order valence-electron chi connectivity index (χ0n) is 40.1. The molecule has 5 heterocycles. The van der Waals surface area contributed by atoms with E-state index in [9.17, 15) is 15.0 Å². The van der Waals surface area contributed by atoms with Crippen molar-refractivity contribution < 1.29 is 19.7 Å². The molecule has 0 radical (unpaired) electrons. The lowest BCUT2D eigenvalue weighted by atomic mass is 9.85. The molecule has 62 heavy (non-hydrogen) atoms. The van der Waals surface area contributed by atoms with E-state index in [0.717, 1.165) is 127 Å². The van der Waals surface area contributed by atoms with Crippen molar-refractivity contribution >= 4 is 23.1 Å². The standard InChI is InChI=1S/C54H76N4O4/c1-13-40-34(7)43-29-46-49(39(12)59)37(10)52(57-46)38(11)51-35(8)41(53(58-51)42-27-47(60)50-36(9)44(56-54(42)50)28-45(40)55-43)23-24-48(61)62-26-25-33(6)22-16-21-32(5)20-15-19-31(4)18-14-17-30(2)3/h25,28-32,35,39,41,58-60H,13-24,26-27H2,1-12H3/t31-,32-,35+,39-,41+/m1/s1. The fourth-order valence-electron chi connectivity index (χ4n) is 10.5. The van der Waals surface area contributed by atoms with Crippen LogP contribution in [-0.2, 0) is 9.53 Å². The molecule has 1 fully saturated rings. The zero-order valence-corrected chi connectivity index (χ0v) is 40.1. The molecule has 5 aliphatic heterocycles. The first-order valence-corrected chi connectivity index (χ1v) is 24.0. The van der Waals surface area contributed by atoms with E-state index in [-0.39, 0.29) is 24.2 Å². The second-order valence-corrected chi connectivity index (χ2v) is 19.7. The Balaban J connectivity index is 1.16. The lowest BCUT2D eigenvalue weighted by Gasteiger charge is -2.18. The lowest BCUT2D eigenvalue weighted by Crippen LogP contribution is -2.16. The Morgan fingerprint density at radius 1 is 0.839 bits per heavy atom. The van der Waals surface area contributed by atoms with Crippen LogP contribution in [0, 0.1) is 29.6 Å². The molecule has 8 bridgehead atoms. The third-order valence-corrected chi connectivity index (χ3v) is 14.4. The van der Waals surface area contributed by atoms with Crippen LogP contribution >= 0.6 is 0 Å². The van der Waals surface area contributed by atoms with Crippen molar-refractivity contribution in [3.63, 3.8) is 0 Å². The molecule has 0 spiro atoms. The SMILES string of the molecule is CCC1=C(C)C2=NC1=CC1=C(C)C3=C(O)CC(=C4NC(=C(C)C5=NC(=C2)C([C@@H](C)O)=C5C)[C@@H](C)[C@@H]4CCC(=O)OCC=C(C)CCC[C@H](C)CCC[C@H](C)CCCC(C)C)C3=N1. The van der Waals surface area contributed by atoms with Crippen LogP contribution in [0.25, 0.3) is 0 Å². The smallest absolute Gasteiger partial charge is 0.306 e. The van der Waals surface area contributed by atoms with E-state index in [1.165, 1.54) is 50.5 Å². The van der Waals surface area contributed by atoms with Crippen LogP contribution in [0.5, 0.6) is 0 Å². The zero-order chi connectivity index (χ0) is 45.0. The molecule has 8 nitrogen and oxygen atoms in total. The molecule has 0 aromatic carbocycles. The number of ether oxygens (including phenoxy) is 1. The molecule has 0 unspecified atom stereocenters. The van der Waals surface area contributed by atoms with Crippen LogP contribution in [0.4, 0.5) is 0 Å². The minimum atomic E-state index is -0.718. The first-order chi connectivity index (χ1) is 29.5. The number of rotatable bonds is 19. The molecule has 6 aliphatic rings. The third-order valence-electron chi connectivity index (χ3n) is 14.4. The Morgan fingerprint density at radius 3 is 2.18 bits per heavy atom. The van der Waals surface area contributed by atoms with E-state index in [2.05, 4.69) is 73.7 Å². The summed E-state index contributed by atoms with van der Waals surface area (Å²) in [6.07, 6.45) is 18.9. The summed E-state index contributed by atoms with van der Waals surface area (Å²) in [7, 11) is 0. The van der Waals surface area contributed by atoms with Crippen LogP contribution in [-0.4, -0.2) is 46.0 Å². The van der Waals surface area contributed by atoms with E-state index in [1.807, 2.05) is 26.0 Å². The number of allylic oxidation sites excluding steroid dienone is 12. The Labute approximate surface area is 373 Å². The van der Waals surface area contributed by atoms with Crippen LogP contribution in [0.2, 0.25) is 0 Å². The topological polar surface area (TPSA) is 116 Å². The minimum absolute atomic E-state index is 0.0173. The number of esters is 1. The molecule has 1 aliphatic carbocycles. The molecule has 6 rings (SSSR count).